The standard InChI is InChI=1S/C13H16O3/c1-3-9-16-13(14)10-11-5-7-12(8-6-11)15-4-2/h3,5-8H,1,4,9-10H2,2H3. The molecule has 1 aromatic carbocycles. The van der Waals surface area contributed by atoms with Crippen molar-refractivity contribution < 1.29 is 14.3 Å². The molecule has 0 aliphatic heterocycles. The smallest absolute Gasteiger partial charge is 0.310 e. The van der Waals surface area contributed by atoms with Gasteiger partial charge in [-0.15, -0.1) is 0 Å². The summed E-state index contributed by atoms with van der Waals surface area (Å²) < 4.78 is 10.2. The van der Waals surface area contributed by atoms with Crippen LogP contribution in [0.15, 0.2) is 36.9 Å². The SMILES string of the molecule is C=CCOC(=O)Cc1ccc(OCC)cc1. The van der Waals surface area contributed by atoms with E-state index < -0.39 is 0 Å². The van der Waals surface area contributed by atoms with E-state index in [-0.39, 0.29) is 19.0 Å². The summed E-state index contributed by atoms with van der Waals surface area (Å²) in [6, 6.07) is 7.42. The first-order chi connectivity index (χ1) is 7.76. The van der Waals surface area contributed by atoms with E-state index >= 15 is 0 Å². The molecule has 0 radical (unpaired) electrons. The molecule has 86 valence electrons. The van der Waals surface area contributed by atoms with Gasteiger partial charge in [-0.1, -0.05) is 24.8 Å². The Morgan fingerprint density at radius 2 is 2.06 bits per heavy atom. The molecule has 3 nitrogen and oxygen atoms in total. The van der Waals surface area contributed by atoms with Crippen molar-refractivity contribution in [3.8, 4) is 5.75 Å². The Morgan fingerprint density at radius 1 is 1.38 bits per heavy atom. The van der Waals surface area contributed by atoms with E-state index in [0.717, 1.165) is 11.3 Å². The van der Waals surface area contributed by atoms with Crippen LogP contribution in [0.1, 0.15) is 12.5 Å². The van der Waals surface area contributed by atoms with E-state index in [4.69, 9.17) is 9.47 Å². The first-order valence-corrected chi connectivity index (χ1v) is 5.24. The average Bonchev–Trinajstić information content (AvgIpc) is 2.29. The van der Waals surface area contributed by atoms with Crippen molar-refractivity contribution in [2.24, 2.45) is 0 Å². The normalized spacial score (nSPS) is 9.56. The van der Waals surface area contributed by atoms with Crippen molar-refractivity contribution in [1.29, 1.82) is 0 Å². The molecule has 0 N–H and O–H groups in total. The molecule has 0 amide bonds. The van der Waals surface area contributed by atoms with Gasteiger partial charge in [-0.3, -0.25) is 4.79 Å². The lowest BCUT2D eigenvalue weighted by Crippen LogP contribution is -2.07. The fraction of sp³-hybridized carbons (Fsp3) is 0.308. The molecule has 3 heteroatoms. The number of carbonyl (C=O) groups excluding carboxylic acids is 1. The number of ether oxygens (including phenoxy) is 2. The molecule has 0 spiro atoms. The molecule has 0 saturated carbocycles. The molecular weight excluding hydrogens is 204 g/mol. The van der Waals surface area contributed by atoms with Crippen LogP contribution < -0.4 is 4.74 Å². The Bertz CT molecular complexity index is 341. The summed E-state index contributed by atoms with van der Waals surface area (Å²) in [6.07, 6.45) is 1.83. The lowest BCUT2D eigenvalue weighted by atomic mass is 10.1. The molecule has 0 aromatic heterocycles. The van der Waals surface area contributed by atoms with Gasteiger partial charge in [0.15, 0.2) is 0 Å². The fourth-order valence-corrected chi connectivity index (χ4v) is 1.24. The highest BCUT2D eigenvalue weighted by Gasteiger charge is 2.03. The van der Waals surface area contributed by atoms with Crippen molar-refractivity contribution >= 4 is 5.97 Å². The van der Waals surface area contributed by atoms with Gasteiger partial charge < -0.3 is 9.47 Å². The van der Waals surface area contributed by atoms with E-state index in [1.807, 2.05) is 31.2 Å². The Labute approximate surface area is 95.7 Å². The second kappa shape index (κ2) is 6.67. The average molecular weight is 220 g/mol. The van der Waals surface area contributed by atoms with Gasteiger partial charge in [-0.05, 0) is 24.6 Å². The van der Waals surface area contributed by atoms with E-state index in [0.29, 0.717) is 6.61 Å². The van der Waals surface area contributed by atoms with Gasteiger partial charge in [-0.2, -0.15) is 0 Å². The maximum atomic E-state index is 11.3. The summed E-state index contributed by atoms with van der Waals surface area (Å²) in [5, 5.41) is 0. The molecule has 16 heavy (non-hydrogen) atoms. The number of carbonyl (C=O) groups is 1. The van der Waals surface area contributed by atoms with Crippen molar-refractivity contribution in [1.82, 2.24) is 0 Å². The molecular formula is C13H16O3. The van der Waals surface area contributed by atoms with E-state index in [1.165, 1.54) is 0 Å². The van der Waals surface area contributed by atoms with Gasteiger partial charge >= 0.3 is 5.97 Å². The number of hydrogen-bond acceptors (Lipinski definition) is 3. The lowest BCUT2D eigenvalue weighted by Gasteiger charge is -2.05. The summed E-state index contributed by atoms with van der Waals surface area (Å²) >= 11 is 0. The van der Waals surface area contributed by atoms with E-state index in [2.05, 4.69) is 6.58 Å². The number of benzene rings is 1. The summed E-state index contributed by atoms with van der Waals surface area (Å²) in [7, 11) is 0. The van der Waals surface area contributed by atoms with Crippen LogP contribution in [0.2, 0.25) is 0 Å². The van der Waals surface area contributed by atoms with Crippen molar-refractivity contribution in [3.05, 3.63) is 42.5 Å². The zero-order valence-corrected chi connectivity index (χ0v) is 9.44. The minimum atomic E-state index is -0.246. The number of esters is 1. The van der Waals surface area contributed by atoms with Crippen molar-refractivity contribution in [3.63, 3.8) is 0 Å². The summed E-state index contributed by atoms with van der Waals surface area (Å²) in [5.41, 5.74) is 0.914. The van der Waals surface area contributed by atoms with Crippen molar-refractivity contribution in [2.45, 2.75) is 13.3 Å². The van der Waals surface area contributed by atoms with Gasteiger partial charge in [-0.25, -0.2) is 0 Å². The zero-order chi connectivity index (χ0) is 11.8. The van der Waals surface area contributed by atoms with Gasteiger partial charge in [0.2, 0.25) is 0 Å². The summed E-state index contributed by atoms with van der Waals surface area (Å²) in [6.45, 7) is 6.31. The molecule has 0 atom stereocenters. The lowest BCUT2D eigenvalue weighted by molar-refractivity contribution is -0.141. The van der Waals surface area contributed by atoms with Gasteiger partial charge in [0, 0.05) is 0 Å². The highest BCUT2D eigenvalue weighted by molar-refractivity contribution is 5.72. The van der Waals surface area contributed by atoms with Crippen molar-refractivity contribution in [2.75, 3.05) is 13.2 Å². The Morgan fingerprint density at radius 3 is 2.62 bits per heavy atom. The highest BCUT2D eigenvalue weighted by atomic mass is 16.5. The van der Waals surface area contributed by atoms with Gasteiger partial charge in [0.05, 0.1) is 13.0 Å². The van der Waals surface area contributed by atoms with Crippen LogP contribution in [-0.2, 0) is 16.0 Å². The highest BCUT2D eigenvalue weighted by Crippen LogP contribution is 2.12. The number of rotatable bonds is 6. The first-order valence-electron chi connectivity index (χ1n) is 5.24. The molecule has 0 fully saturated rings. The Balaban J connectivity index is 2.48. The molecule has 0 aliphatic rings. The van der Waals surface area contributed by atoms with E-state index in [9.17, 15) is 4.79 Å². The van der Waals surface area contributed by atoms with Crippen LogP contribution in [0.3, 0.4) is 0 Å². The molecule has 0 heterocycles. The Kier molecular flexibility index (Phi) is 5.12. The topological polar surface area (TPSA) is 35.5 Å². The summed E-state index contributed by atoms with van der Waals surface area (Å²) in [5.74, 6) is 0.565. The maximum Gasteiger partial charge on any atom is 0.310 e. The second-order valence-corrected chi connectivity index (χ2v) is 3.23. The zero-order valence-electron chi connectivity index (χ0n) is 9.44. The van der Waals surface area contributed by atoms with Crippen LogP contribution in [0, 0.1) is 0 Å². The van der Waals surface area contributed by atoms with Gasteiger partial charge in [0.25, 0.3) is 0 Å². The predicted molar refractivity (Wildman–Crippen MR) is 62.5 cm³/mol. The minimum absolute atomic E-state index is 0.246. The van der Waals surface area contributed by atoms with Crippen LogP contribution >= 0.6 is 0 Å². The quantitative estimate of drug-likeness (QED) is 0.545. The maximum absolute atomic E-state index is 11.3. The molecule has 1 rings (SSSR count). The van der Waals surface area contributed by atoms with E-state index in [1.54, 1.807) is 6.08 Å². The molecule has 1 aromatic rings. The van der Waals surface area contributed by atoms with Crippen LogP contribution in [0.5, 0.6) is 5.75 Å². The van der Waals surface area contributed by atoms with Crippen LogP contribution in [0.4, 0.5) is 0 Å². The van der Waals surface area contributed by atoms with Gasteiger partial charge in [0.1, 0.15) is 12.4 Å². The fourth-order valence-electron chi connectivity index (χ4n) is 1.24. The molecule has 0 saturated heterocycles. The molecule has 0 unspecified atom stereocenters. The second-order valence-electron chi connectivity index (χ2n) is 3.23. The monoisotopic (exact) mass is 220 g/mol. The van der Waals surface area contributed by atoms with Crippen LogP contribution in [0.25, 0.3) is 0 Å². The van der Waals surface area contributed by atoms with Crippen LogP contribution in [-0.4, -0.2) is 19.2 Å². The third kappa shape index (κ3) is 4.17. The predicted octanol–water partition coefficient (Wildman–Crippen LogP) is 2.36. The third-order valence-corrected chi connectivity index (χ3v) is 1.94. The Hall–Kier alpha value is -1.77. The largest absolute Gasteiger partial charge is 0.494 e. The minimum Gasteiger partial charge on any atom is -0.494 e. The third-order valence-electron chi connectivity index (χ3n) is 1.94. The molecule has 0 bridgehead atoms. The number of hydrogen-bond donors (Lipinski definition) is 0. The summed E-state index contributed by atoms with van der Waals surface area (Å²) in [4.78, 5) is 11.3. The first kappa shape index (κ1) is 12.3. The molecule has 0 aliphatic carbocycles.